The molecule has 0 spiro atoms. The van der Waals surface area contributed by atoms with E-state index in [9.17, 15) is 9.59 Å². The second kappa shape index (κ2) is 10.4. The zero-order valence-corrected chi connectivity index (χ0v) is 20.8. The molecule has 0 bridgehead atoms. The summed E-state index contributed by atoms with van der Waals surface area (Å²) in [6.07, 6.45) is -1.03. The third-order valence-corrected chi connectivity index (χ3v) is 6.61. The number of carbonyl (C=O) groups is 2. The number of nitrogens with one attached hydrogen (secondary N) is 3. The van der Waals surface area contributed by atoms with Gasteiger partial charge in [-0.3, -0.25) is 9.69 Å². The molecule has 8 heteroatoms. The van der Waals surface area contributed by atoms with E-state index in [2.05, 4.69) is 40.7 Å². The van der Waals surface area contributed by atoms with Gasteiger partial charge in [0, 0.05) is 36.3 Å². The minimum Gasteiger partial charge on any atom is -0.442 e. The van der Waals surface area contributed by atoms with Gasteiger partial charge in [-0.1, -0.05) is 42.5 Å². The summed E-state index contributed by atoms with van der Waals surface area (Å²) in [4.78, 5) is 28.2. The van der Waals surface area contributed by atoms with Crippen molar-refractivity contribution in [1.82, 2.24) is 15.6 Å². The van der Waals surface area contributed by atoms with Gasteiger partial charge < -0.3 is 20.4 Å². The number of nitrogens with zero attached hydrogens (tertiary/aromatic N) is 1. The van der Waals surface area contributed by atoms with E-state index in [4.69, 9.17) is 4.74 Å². The van der Waals surface area contributed by atoms with Gasteiger partial charge in [0.2, 0.25) is 5.91 Å². The summed E-state index contributed by atoms with van der Waals surface area (Å²) < 4.78 is 20.3. The number of hydrogen-bond donors (Lipinski definition) is 3. The Hall–Kier alpha value is -4.17. The number of anilines is 1. The molecule has 2 atom stereocenters. The predicted molar refractivity (Wildman–Crippen MR) is 142 cm³/mol. The molecule has 1 fully saturated rings. The first-order valence-electron chi connectivity index (χ1n) is 12.3. The quantitative estimate of drug-likeness (QED) is 0.307. The van der Waals surface area contributed by atoms with Crippen LogP contribution in [0.1, 0.15) is 31.1 Å². The average molecular weight is 501 g/mol. The van der Waals surface area contributed by atoms with Crippen molar-refractivity contribution in [2.75, 3.05) is 18.0 Å². The van der Waals surface area contributed by atoms with Crippen LogP contribution in [0.15, 0.2) is 72.8 Å². The highest BCUT2D eigenvalue weighted by Gasteiger charge is 2.32. The number of cyclic esters (lactones) is 1. The highest BCUT2D eigenvalue weighted by atomic mass is 19.1. The van der Waals surface area contributed by atoms with E-state index in [0.29, 0.717) is 17.8 Å². The van der Waals surface area contributed by atoms with Crippen LogP contribution in [0, 0.1) is 5.82 Å². The van der Waals surface area contributed by atoms with Gasteiger partial charge in [0.25, 0.3) is 0 Å². The van der Waals surface area contributed by atoms with Gasteiger partial charge in [0.15, 0.2) is 0 Å². The Morgan fingerprint density at radius 1 is 1.14 bits per heavy atom. The van der Waals surface area contributed by atoms with E-state index >= 15 is 4.39 Å². The zero-order chi connectivity index (χ0) is 25.9. The molecule has 1 aliphatic rings. The lowest BCUT2D eigenvalue weighted by Crippen LogP contribution is -2.33. The maximum Gasteiger partial charge on any atom is 0.414 e. The number of aromatic amines is 1. The molecular weight excluding hydrogens is 471 g/mol. The van der Waals surface area contributed by atoms with E-state index in [-0.39, 0.29) is 25.0 Å². The van der Waals surface area contributed by atoms with Crippen molar-refractivity contribution in [3.63, 3.8) is 0 Å². The lowest BCUT2D eigenvalue weighted by molar-refractivity contribution is -0.119. The summed E-state index contributed by atoms with van der Waals surface area (Å²) in [5.74, 6) is -0.621. The highest BCUT2D eigenvalue weighted by Crippen LogP contribution is 2.29. The maximum absolute atomic E-state index is 15.0. The molecule has 3 aromatic carbocycles. The second-order valence-electron chi connectivity index (χ2n) is 9.33. The molecule has 0 radical (unpaired) electrons. The van der Waals surface area contributed by atoms with E-state index in [1.54, 1.807) is 12.1 Å². The van der Waals surface area contributed by atoms with Crippen LogP contribution in [0.4, 0.5) is 14.9 Å². The summed E-state index contributed by atoms with van der Waals surface area (Å²) >= 11 is 0. The zero-order valence-electron chi connectivity index (χ0n) is 20.8. The third-order valence-electron chi connectivity index (χ3n) is 6.61. The first-order valence-corrected chi connectivity index (χ1v) is 12.3. The van der Waals surface area contributed by atoms with Crippen LogP contribution in [0.5, 0.6) is 0 Å². The largest absolute Gasteiger partial charge is 0.442 e. The molecule has 1 saturated heterocycles. The number of fused-ring (bicyclic) bond motifs is 1. The van der Waals surface area contributed by atoms with Crippen LogP contribution in [-0.2, 0) is 16.1 Å². The smallest absolute Gasteiger partial charge is 0.414 e. The van der Waals surface area contributed by atoms with Crippen molar-refractivity contribution >= 4 is 28.6 Å². The molecule has 2 heterocycles. The number of para-hydroxylation sites is 1. The second-order valence-corrected chi connectivity index (χ2v) is 9.33. The van der Waals surface area contributed by atoms with E-state index < -0.39 is 18.0 Å². The standard InChI is InChI=1S/C29H29FN4O3/c1-18(28-13-22-5-3-4-6-27(22)33-28)31-15-20-7-9-21(10-8-20)25-12-11-23(14-26(25)30)34-17-24(37-29(34)36)16-32-19(2)35/h3-14,18,24,31,33H,15-17H2,1-2H3,(H,32,35)/t18?,24-/m0/s1. The predicted octanol–water partition coefficient (Wildman–Crippen LogP) is 5.29. The van der Waals surface area contributed by atoms with Gasteiger partial charge in [-0.25, -0.2) is 9.18 Å². The monoisotopic (exact) mass is 500 g/mol. The fourth-order valence-electron chi connectivity index (χ4n) is 4.51. The topological polar surface area (TPSA) is 86.5 Å². The first-order chi connectivity index (χ1) is 17.9. The fourth-order valence-corrected chi connectivity index (χ4v) is 4.51. The summed E-state index contributed by atoms with van der Waals surface area (Å²) in [5.41, 5.74) is 4.97. The van der Waals surface area contributed by atoms with Crippen LogP contribution < -0.4 is 15.5 Å². The number of ether oxygens (including phenoxy) is 1. The molecule has 0 aliphatic carbocycles. The summed E-state index contributed by atoms with van der Waals surface area (Å²) in [7, 11) is 0. The molecule has 3 N–H and O–H groups in total. The molecule has 190 valence electrons. The molecule has 5 rings (SSSR count). The van der Waals surface area contributed by atoms with Gasteiger partial charge in [-0.15, -0.1) is 0 Å². The molecule has 37 heavy (non-hydrogen) atoms. The summed E-state index contributed by atoms with van der Waals surface area (Å²) in [6.45, 7) is 4.66. The van der Waals surface area contributed by atoms with Crippen LogP contribution >= 0.6 is 0 Å². The van der Waals surface area contributed by atoms with Gasteiger partial charge >= 0.3 is 6.09 Å². The number of hydrogen-bond acceptors (Lipinski definition) is 4. The Morgan fingerprint density at radius 3 is 2.65 bits per heavy atom. The van der Waals surface area contributed by atoms with Crippen molar-refractivity contribution in [1.29, 1.82) is 0 Å². The molecule has 1 aromatic heterocycles. The number of halogens is 1. The summed E-state index contributed by atoms with van der Waals surface area (Å²) in [5, 5.41) is 7.35. The Kier molecular flexibility index (Phi) is 6.92. The Morgan fingerprint density at radius 2 is 1.92 bits per heavy atom. The SMILES string of the molecule is CC(=O)NC[C@H]1CN(c2ccc(-c3ccc(CNC(C)c4cc5ccccc5[nH]4)cc3)c(F)c2)C(=O)O1. The van der Waals surface area contributed by atoms with Crippen molar-refractivity contribution in [2.45, 2.75) is 32.5 Å². The molecular formula is C29H29FN4O3. The van der Waals surface area contributed by atoms with Gasteiger partial charge in [-0.2, -0.15) is 0 Å². The van der Waals surface area contributed by atoms with Gasteiger partial charge in [-0.05, 0) is 53.8 Å². The molecule has 4 aromatic rings. The molecule has 0 saturated carbocycles. The number of carbonyl (C=O) groups excluding carboxylic acids is 2. The van der Waals surface area contributed by atoms with Gasteiger partial charge in [0.05, 0.1) is 18.8 Å². The lowest BCUT2D eigenvalue weighted by Gasteiger charge is -2.15. The molecule has 1 unspecified atom stereocenters. The van der Waals surface area contributed by atoms with Crippen molar-refractivity contribution < 1.29 is 18.7 Å². The molecule has 1 aliphatic heterocycles. The number of amides is 2. The van der Waals surface area contributed by atoms with E-state index in [1.165, 1.54) is 23.3 Å². The Balaban J connectivity index is 1.21. The van der Waals surface area contributed by atoms with Crippen molar-refractivity contribution in [3.05, 3.63) is 89.9 Å². The Labute approximate surface area is 214 Å². The van der Waals surface area contributed by atoms with E-state index in [1.807, 2.05) is 36.4 Å². The lowest BCUT2D eigenvalue weighted by atomic mass is 10.0. The fraction of sp³-hybridized carbons (Fsp3) is 0.241. The van der Waals surface area contributed by atoms with Crippen LogP contribution in [-0.4, -0.2) is 36.2 Å². The number of rotatable bonds is 8. The van der Waals surface area contributed by atoms with Crippen LogP contribution in [0.2, 0.25) is 0 Å². The van der Waals surface area contributed by atoms with Crippen LogP contribution in [0.25, 0.3) is 22.0 Å². The van der Waals surface area contributed by atoms with Crippen molar-refractivity contribution in [2.24, 2.45) is 0 Å². The molecule has 2 amide bonds. The first kappa shape index (κ1) is 24.5. The third kappa shape index (κ3) is 5.49. The maximum atomic E-state index is 15.0. The number of H-pyrrole nitrogens is 1. The number of aromatic nitrogens is 1. The average Bonchev–Trinajstić information content (AvgIpc) is 3.50. The van der Waals surface area contributed by atoms with Crippen LogP contribution in [0.3, 0.4) is 0 Å². The normalized spacial score (nSPS) is 16.1. The van der Waals surface area contributed by atoms with Crippen molar-refractivity contribution in [3.8, 4) is 11.1 Å². The molecule has 7 nitrogen and oxygen atoms in total. The minimum atomic E-state index is -0.555. The minimum absolute atomic E-state index is 0.146. The number of benzene rings is 3. The Bertz CT molecular complexity index is 1400. The summed E-state index contributed by atoms with van der Waals surface area (Å²) in [6, 6.07) is 23.0. The highest BCUT2D eigenvalue weighted by molar-refractivity contribution is 5.90. The van der Waals surface area contributed by atoms with Gasteiger partial charge in [0.1, 0.15) is 11.9 Å². The van der Waals surface area contributed by atoms with E-state index in [0.717, 1.165) is 22.3 Å².